The number of hydrogen-bond donors (Lipinski definition) is 2. The number of nitrogens with one attached hydrogen (secondary N) is 1. The zero-order chi connectivity index (χ0) is 17.6. The van der Waals surface area contributed by atoms with Crippen molar-refractivity contribution in [2.75, 3.05) is 13.2 Å². The van der Waals surface area contributed by atoms with Crippen LogP contribution >= 0.6 is 12.4 Å². The van der Waals surface area contributed by atoms with Crippen LogP contribution in [0.4, 0.5) is 5.69 Å². The van der Waals surface area contributed by atoms with Crippen molar-refractivity contribution in [1.82, 2.24) is 5.32 Å². The molecule has 1 aromatic rings. The summed E-state index contributed by atoms with van der Waals surface area (Å²) in [5.41, 5.74) is 5.21. The van der Waals surface area contributed by atoms with Gasteiger partial charge in [0, 0.05) is 23.7 Å². The van der Waals surface area contributed by atoms with Gasteiger partial charge in [0.1, 0.15) is 0 Å². The van der Waals surface area contributed by atoms with E-state index in [1.54, 1.807) is 6.92 Å². The molecule has 1 rings (SSSR count). The zero-order valence-corrected chi connectivity index (χ0v) is 15.3. The Bertz CT molecular complexity index is 580. The van der Waals surface area contributed by atoms with Crippen molar-refractivity contribution >= 4 is 24.0 Å². The molecule has 0 fully saturated rings. The molecule has 3 N–H and O–H groups in total. The first-order valence-corrected chi connectivity index (χ1v) is 7.66. The second-order valence-electron chi connectivity index (χ2n) is 6.19. The second kappa shape index (κ2) is 9.44. The Morgan fingerprint density at radius 1 is 1.46 bits per heavy atom. The summed E-state index contributed by atoms with van der Waals surface area (Å²) in [6.07, 6.45) is 0.717. The first-order valence-electron chi connectivity index (χ1n) is 7.66. The van der Waals surface area contributed by atoms with Crippen molar-refractivity contribution < 1.29 is 14.5 Å². The zero-order valence-electron chi connectivity index (χ0n) is 14.5. The fourth-order valence-corrected chi connectivity index (χ4v) is 2.51. The lowest BCUT2D eigenvalue weighted by Crippen LogP contribution is -2.52. The molecule has 0 saturated carbocycles. The van der Waals surface area contributed by atoms with E-state index in [4.69, 9.17) is 10.5 Å². The molecule has 1 aromatic carbocycles. The number of carbonyl (C=O) groups excluding carboxylic acids is 1. The van der Waals surface area contributed by atoms with Crippen LogP contribution < -0.4 is 15.8 Å². The van der Waals surface area contributed by atoms with Crippen LogP contribution in [0.1, 0.15) is 44.5 Å². The van der Waals surface area contributed by atoms with Gasteiger partial charge in [0.15, 0.2) is 5.75 Å². The summed E-state index contributed by atoms with van der Waals surface area (Å²) in [5.74, 6) is 0.126. The Kier molecular flexibility index (Phi) is 8.71. The lowest BCUT2D eigenvalue weighted by Gasteiger charge is -2.31. The molecule has 8 heteroatoms. The first-order chi connectivity index (χ1) is 10.7. The van der Waals surface area contributed by atoms with Gasteiger partial charge in [0.05, 0.1) is 11.5 Å². The second-order valence-corrected chi connectivity index (χ2v) is 6.19. The Labute approximate surface area is 148 Å². The van der Waals surface area contributed by atoms with Crippen LogP contribution in [0.2, 0.25) is 0 Å². The maximum atomic E-state index is 12.4. The highest BCUT2D eigenvalue weighted by molar-refractivity contribution is 5.95. The molecule has 0 aliphatic heterocycles. The molecular weight excluding hydrogens is 334 g/mol. The fraction of sp³-hybridized carbons (Fsp3) is 0.562. The summed E-state index contributed by atoms with van der Waals surface area (Å²) < 4.78 is 5.21. The summed E-state index contributed by atoms with van der Waals surface area (Å²) in [5, 5.41) is 14.0. The number of halogens is 1. The fourth-order valence-electron chi connectivity index (χ4n) is 2.51. The number of carbonyl (C=O) groups is 1. The van der Waals surface area contributed by atoms with Gasteiger partial charge in [-0.05, 0) is 38.3 Å². The third-order valence-electron chi connectivity index (χ3n) is 3.44. The number of nitro groups is 1. The smallest absolute Gasteiger partial charge is 0.311 e. The van der Waals surface area contributed by atoms with Gasteiger partial charge < -0.3 is 15.8 Å². The summed E-state index contributed by atoms with van der Waals surface area (Å²) in [7, 11) is 0. The van der Waals surface area contributed by atoms with Crippen molar-refractivity contribution in [1.29, 1.82) is 0 Å². The van der Waals surface area contributed by atoms with Crippen LogP contribution in [0.25, 0.3) is 0 Å². The minimum absolute atomic E-state index is 0. The lowest BCUT2D eigenvalue weighted by atomic mass is 9.90. The SMILES string of the molecule is CCOc1ccc(C(=O)NC(C)(CN)CC(C)C)cc1[N+](=O)[O-].Cl. The molecule has 136 valence electrons. The van der Waals surface area contributed by atoms with E-state index in [1.807, 2.05) is 20.8 Å². The molecule has 1 unspecified atom stereocenters. The van der Waals surface area contributed by atoms with Crippen LogP contribution in [0, 0.1) is 16.0 Å². The Hall–Kier alpha value is -1.86. The third kappa shape index (κ3) is 5.98. The molecule has 0 saturated heterocycles. The number of amides is 1. The Morgan fingerprint density at radius 2 is 2.08 bits per heavy atom. The van der Waals surface area contributed by atoms with E-state index in [0.717, 1.165) is 0 Å². The van der Waals surface area contributed by atoms with Gasteiger partial charge in [-0.1, -0.05) is 13.8 Å². The maximum absolute atomic E-state index is 12.4. The van der Waals surface area contributed by atoms with E-state index < -0.39 is 10.5 Å². The average Bonchev–Trinajstić information content (AvgIpc) is 2.46. The van der Waals surface area contributed by atoms with Crippen molar-refractivity contribution in [3.05, 3.63) is 33.9 Å². The van der Waals surface area contributed by atoms with Crippen LogP contribution in [-0.2, 0) is 0 Å². The molecule has 1 atom stereocenters. The molecule has 24 heavy (non-hydrogen) atoms. The molecule has 7 nitrogen and oxygen atoms in total. The van der Waals surface area contributed by atoms with E-state index >= 15 is 0 Å². The minimum Gasteiger partial charge on any atom is -0.487 e. The highest BCUT2D eigenvalue weighted by atomic mass is 35.5. The number of benzene rings is 1. The first kappa shape index (κ1) is 22.1. The number of nitrogens with two attached hydrogens (primary N) is 1. The van der Waals surface area contributed by atoms with E-state index in [1.165, 1.54) is 18.2 Å². The molecule has 0 bridgehead atoms. The van der Waals surface area contributed by atoms with Crippen LogP contribution in [0.15, 0.2) is 18.2 Å². The Balaban J connectivity index is 0.00000529. The summed E-state index contributed by atoms with van der Waals surface area (Å²) in [4.78, 5) is 23.0. The van der Waals surface area contributed by atoms with Gasteiger partial charge in [-0.3, -0.25) is 14.9 Å². The van der Waals surface area contributed by atoms with Crippen molar-refractivity contribution in [3.63, 3.8) is 0 Å². The number of rotatable bonds is 8. The van der Waals surface area contributed by atoms with E-state index in [0.29, 0.717) is 18.9 Å². The molecule has 0 aromatic heterocycles. The predicted molar refractivity (Wildman–Crippen MR) is 95.9 cm³/mol. The third-order valence-corrected chi connectivity index (χ3v) is 3.44. The van der Waals surface area contributed by atoms with Gasteiger partial charge in [0.25, 0.3) is 5.91 Å². The quantitative estimate of drug-likeness (QED) is 0.548. The monoisotopic (exact) mass is 359 g/mol. The molecule has 0 aliphatic carbocycles. The van der Waals surface area contributed by atoms with Gasteiger partial charge in [0.2, 0.25) is 0 Å². The number of nitrogens with zero attached hydrogens (tertiary/aromatic N) is 1. The van der Waals surface area contributed by atoms with Crippen molar-refractivity contribution in [3.8, 4) is 5.75 Å². The van der Waals surface area contributed by atoms with E-state index in [-0.39, 0.29) is 41.9 Å². The summed E-state index contributed by atoms with van der Waals surface area (Å²) in [6.45, 7) is 8.29. The molecule has 0 spiro atoms. The Morgan fingerprint density at radius 3 is 2.54 bits per heavy atom. The summed E-state index contributed by atoms with van der Waals surface area (Å²) >= 11 is 0. The summed E-state index contributed by atoms with van der Waals surface area (Å²) in [6, 6.07) is 4.19. The van der Waals surface area contributed by atoms with Gasteiger partial charge in [-0.25, -0.2) is 0 Å². The van der Waals surface area contributed by atoms with Crippen molar-refractivity contribution in [2.45, 2.75) is 39.7 Å². The van der Waals surface area contributed by atoms with E-state index in [9.17, 15) is 14.9 Å². The number of nitro benzene ring substituents is 1. The van der Waals surface area contributed by atoms with Crippen LogP contribution in [-0.4, -0.2) is 29.5 Å². The minimum atomic E-state index is -0.558. The topological polar surface area (TPSA) is 107 Å². The number of ether oxygens (including phenoxy) is 1. The molecule has 0 aliphatic rings. The van der Waals surface area contributed by atoms with Gasteiger partial charge in [-0.15, -0.1) is 12.4 Å². The average molecular weight is 360 g/mol. The van der Waals surface area contributed by atoms with Crippen LogP contribution in [0.3, 0.4) is 0 Å². The van der Waals surface area contributed by atoms with Gasteiger partial charge >= 0.3 is 5.69 Å². The number of hydrogen-bond acceptors (Lipinski definition) is 5. The standard InChI is InChI=1S/C16H25N3O4.ClH/c1-5-23-14-7-6-12(8-13(14)19(21)22)15(20)18-16(4,10-17)9-11(2)3;/h6-8,11H,5,9-10,17H2,1-4H3,(H,18,20);1H. The van der Waals surface area contributed by atoms with Crippen molar-refractivity contribution in [2.24, 2.45) is 11.7 Å². The molecular formula is C16H26ClN3O4. The van der Waals surface area contributed by atoms with Crippen LogP contribution in [0.5, 0.6) is 5.75 Å². The lowest BCUT2D eigenvalue weighted by molar-refractivity contribution is -0.385. The normalized spacial score (nSPS) is 12.9. The van der Waals surface area contributed by atoms with E-state index in [2.05, 4.69) is 5.32 Å². The highest BCUT2D eigenvalue weighted by Gasteiger charge is 2.27. The predicted octanol–water partition coefficient (Wildman–Crippen LogP) is 2.91. The molecule has 0 radical (unpaired) electrons. The maximum Gasteiger partial charge on any atom is 0.311 e. The molecule has 1 amide bonds. The molecule has 0 heterocycles. The highest BCUT2D eigenvalue weighted by Crippen LogP contribution is 2.28. The van der Waals surface area contributed by atoms with Gasteiger partial charge in [-0.2, -0.15) is 0 Å². The largest absolute Gasteiger partial charge is 0.487 e.